The van der Waals surface area contributed by atoms with Crippen molar-refractivity contribution in [2.45, 2.75) is 13.5 Å². The minimum absolute atomic E-state index is 0.355. The molecule has 0 saturated heterocycles. The van der Waals surface area contributed by atoms with Gasteiger partial charge in [-0.2, -0.15) is 5.10 Å². The lowest BCUT2D eigenvalue weighted by atomic mass is 10.1. The van der Waals surface area contributed by atoms with Crippen molar-refractivity contribution in [2.24, 2.45) is 12.8 Å². The Bertz CT molecular complexity index is 576. The Morgan fingerprint density at radius 3 is 2.83 bits per heavy atom. The maximum Gasteiger partial charge on any atom is 0.136 e. The van der Waals surface area contributed by atoms with Crippen LogP contribution in [0.2, 0.25) is 0 Å². The largest absolute Gasteiger partial charge is 0.389 e. The molecule has 5 nitrogen and oxygen atoms in total. The number of thiocarbonyl (C=S) groups is 1. The van der Waals surface area contributed by atoms with Crippen LogP contribution >= 0.6 is 12.2 Å². The third kappa shape index (κ3) is 2.48. The van der Waals surface area contributed by atoms with E-state index < -0.39 is 0 Å². The zero-order valence-corrected chi connectivity index (χ0v) is 11.2. The molecule has 0 aromatic carbocycles. The number of aryl methyl sites for hydroxylation is 2. The highest BCUT2D eigenvalue weighted by Gasteiger charge is 2.10. The molecule has 3 N–H and O–H groups in total. The Morgan fingerprint density at radius 1 is 1.44 bits per heavy atom. The average Bonchev–Trinajstić information content (AvgIpc) is 2.71. The van der Waals surface area contributed by atoms with Gasteiger partial charge < -0.3 is 11.1 Å². The molecular formula is C12H15N5S. The molecular weight excluding hydrogens is 246 g/mol. The Balaban J connectivity index is 2.22. The zero-order valence-electron chi connectivity index (χ0n) is 10.3. The van der Waals surface area contributed by atoms with Crippen LogP contribution in [0.25, 0.3) is 0 Å². The highest BCUT2D eigenvalue weighted by Crippen LogP contribution is 2.17. The van der Waals surface area contributed by atoms with Gasteiger partial charge in [0.25, 0.3) is 0 Å². The standard InChI is InChI=1S/C12H15N5S/c1-8-3-5-14-12(10(8)11(13)18)15-7-9-4-6-16-17(9)2/h3-6H,7H2,1-2H3,(H2,13,18)(H,14,15). The summed E-state index contributed by atoms with van der Waals surface area (Å²) in [5, 5.41) is 7.35. The molecule has 18 heavy (non-hydrogen) atoms. The van der Waals surface area contributed by atoms with Crippen molar-refractivity contribution in [1.29, 1.82) is 0 Å². The van der Waals surface area contributed by atoms with Crippen molar-refractivity contribution >= 4 is 23.0 Å². The van der Waals surface area contributed by atoms with Crippen LogP contribution in [0.3, 0.4) is 0 Å². The van der Waals surface area contributed by atoms with E-state index in [9.17, 15) is 0 Å². The molecule has 2 aromatic heterocycles. The van der Waals surface area contributed by atoms with E-state index in [4.69, 9.17) is 18.0 Å². The van der Waals surface area contributed by atoms with E-state index in [1.54, 1.807) is 12.4 Å². The van der Waals surface area contributed by atoms with Gasteiger partial charge in [-0.05, 0) is 24.6 Å². The van der Waals surface area contributed by atoms with Gasteiger partial charge in [0.2, 0.25) is 0 Å². The second kappa shape index (κ2) is 5.14. The van der Waals surface area contributed by atoms with Gasteiger partial charge in [0.05, 0.1) is 17.8 Å². The fourth-order valence-electron chi connectivity index (χ4n) is 1.75. The number of pyridine rings is 1. The van der Waals surface area contributed by atoms with Gasteiger partial charge in [-0.15, -0.1) is 0 Å². The van der Waals surface area contributed by atoms with Crippen LogP contribution in [-0.2, 0) is 13.6 Å². The summed E-state index contributed by atoms with van der Waals surface area (Å²) in [6, 6.07) is 3.84. The molecule has 2 aromatic rings. The minimum atomic E-state index is 0.355. The third-order valence-corrected chi connectivity index (χ3v) is 2.97. The van der Waals surface area contributed by atoms with Crippen LogP contribution in [0, 0.1) is 6.92 Å². The second-order valence-electron chi connectivity index (χ2n) is 4.02. The number of hydrogen-bond acceptors (Lipinski definition) is 4. The van der Waals surface area contributed by atoms with Crippen LogP contribution in [0.1, 0.15) is 16.8 Å². The quantitative estimate of drug-likeness (QED) is 0.814. The number of anilines is 1. The van der Waals surface area contributed by atoms with Gasteiger partial charge >= 0.3 is 0 Å². The van der Waals surface area contributed by atoms with Gasteiger partial charge in [0, 0.05) is 19.4 Å². The summed E-state index contributed by atoms with van der Waals surface area (Å²) in [6.07, 6.45) is 3.50. The fourth-order valence-corrected chi connectivity index (χ4v) is 2.01. The first-order valence-corrected chi connectivity index (χ1v) is 5.96. The topological polar surface area (TPSA) is 68.8 Å². The summed E-state index contributed by atoms with van der Waals surface area (Å²) < 4.78 is 1.81. The van der Waals surface area contributed by atoms with Crippen LogP contribution in [0.15, 0.2) is 24.5 Å². The molecule has 0 aliphatic rings. The zero-order chi connectivity index (χ0) is 13.1. The summed E-state index contributed by atoms with van der Waals surface area (Å²) in [5.74, 6) is 0.712. The van der Waals surface area contributed by atoms with E-state index in [2.05, 4.69) is 15.4 Å². The summed E-state index contributed by atoms with van der Waals surface area (Å²) in [4.78, 5) is 4.64. The fraction of sp³-hybridized carbons (Fsp3) is 0.250. The lowest BCUT2D eigenvalue weighted by molar-refractivity contribution is 0.720. The molecule has 0 saturated carbocycles. The van der Waals surface area contributed by atoms with Crippen LogP contribution in [0.5, 0.6) is 0 Å². The first-order chi connectivity index (χ1) is 8.59. The maximum atomic E-state index is 5.73. The van der Waals surface area contributed by atoms with Gasteiger partial charge in [-0.3, -0.25) is 4.68 Å². The lowest BCUT2D eigenvalue weighted by Gasteiger charge is -2.12. The Morgan fingerprint density at radius 2 is 2.22 bits per heavy atom. The molecule has 2 heterocycles. The van der Waals surface area contributed by atoms with E-state index in [-0.39, 0.29) is 0 Å². The van der Waals surface area contributed by atoms with Crippen LogP contribution < -0.4 is 11.1 Å². The lowest BCUT2D eigenvalue weighted by Crippen LogP contribution is -2.16. The maximum absolute atomic E-state index is 5.73. The van der Waals surface area contributed by atoms with Crippen LogP contribution in [-0.4, -0.2) is 19.8 Å². The van der Waals surface area contributed by atoms with Crippen molar-refractivity contribution in [2.75, 3.05) is 5.32 Å². The molecule has 0 unspecified atom stereocenters. The molecule has 0 spiro atoms. The van der Waals surface area contributed by atoms with Crippen molar-refractivity contribution in [3.8, 4) is 0 Å². The normalized spacial score (nSPS) is 10.3. The number of nitrogens with one attached hydrogen (secondary N) is 1. The molecule has 6 heteroatoms. The van der Waals surface area contributed by atoms with E-state index in [1.165, 1.54) is 0 Å². The molecule has 0 bridgehead atoms. The van der Waals surface area contributed by atoms with E-state index in [1.807, 2.05) is 30.8 Å². The van der Waals surface area contributed by atoms with Gasteiger partial charge in [0.1, 0.15) is 10.8 Å². The van der Waals surface area contributed by atoms with E-state index >= 15 is 0 Å². The number of hydrogen-bond donors (Lipinski definition) is 2. The Kier molecular flexibility index (Phi) is 3.57. The molecule has 0 amide bonds. The molecule has 0 atom stereocenters. The summed E-state index contributed by atoms with van der Waals surface area (Å²) >= 11 is 5.06. The Hall–Kier alpha value is -1.95. The van der Waals surface area contributed by atoms with Gasteiger partial charge in [-0.1, -0.05) is 12.2 Å². The smallest absolute Gasteiger partial charge is 0.136 e. The van der Waals surface area contributed by atoms with E-state index in [0.29, 0.717) is 17.4 Å². The first-order valence-electron chi connectivity index (χ1n) is 5.55. The predicted molar refractivity (Wildman–Crippen MR) is 75.4 cm³/mol. The highest BCUT2D eigenvalue weighted by molar-refractivity contribution is 7.80. The van der Waals surface area contributed by atoms with Crippen molar-refractivity contribution in [3.63, 3.8) is 0 Å². The SMILES string of the molecule is Cc1ccnc(NCc2ccnn2C)c1C(N)=S. The minimum Gasteiger partial charge on any atom is -0.389 e. The first kappa shape index (κ1) is 12.5. The van der Waals surface area contributed by atoms with Crippen molar-refractivity contribution in [1.82, 2.24) is 14.8 Å². The van der Waals surface area contributed by atoms with Crippen LogP contribution in [0.4, 0.5) is 5.82 Å². The number of nitrogens with zero attached hydrogens (tertiary/aromatic N) is 3. The molecule has 0 fully saturated rings. The monoisotopic (exact) mass is 261 g/mol. The summed E-state index contributed by atoms with van der Waals surface area (Å²) in [5.41, 5.74) is 8.61. The molecule has 2 rings (SSSR count). The van der Waals surface area contributed by atoms with Gasteiger partial charge in [-0.25, -0.2) is 4.98 Å². The number of nitrogens with two attached hydrogens (primary N) is 1. The van der Waals surface area contributed by atoms with Crippen molar-refractivity contribution < 1.29 is 0 Å². The number of aromatic nitrogens is 3. The predicted octanol–water partition coefficient (Wildman–Crippen LogP) is 1.37. The molecule has 0 aliphatic heterocycles. The molecule has 94 valence electrons. The van der Waals surface area contributed by atoms with Gasteiger partial charge in [0.15, 0.2) is 0 Å². The van der Waals surface area contributed by atoms with Crippen molar-refractivity contribution in [3.05, 3.63) is 41.3 Å². The number of rotatable bonds is 4. The molecule has 0 aliphatic carbocycles. The molecule has 0 radical (unpaired) electrons. The van der Waals surface area contributed by atoms with E-state index in [0.717, 1.165) is 16.8 Å². The summed E-state index contributed by atoms with van der Waals surface area (Å²) in [7, 11) is 1.90. The Labute approximate surface area is 111 Å². The highest BCUT2D eigenvalue weighted by atomic mass is 32.1. The summed E-state index contributed by atoms with van der Waals surface area (Å²) in [6.45, 7) is 2.59. The third-order valence-electron chi connectivity index (χ3n) is 2.77. The average molecular weight is 261 g/mol. The second-order valence-corrected chi connectivity index (χ2v) is 4.46.